The van der Waals surface area contributed by atoms with E-state index in [4.69, 9.17) is 4.74 Å². The average molecular weight is 463 g/mol. The van der Waals surface area contributed by atoms with E-state index in [1.165, 1.54) is 13.3 Å². The van der Waals surface area contributed by atoms with Gasteiger partial charge >= 0.3 is 5.97 Å². The third-order valence-electron chi connectivity index (χ3n) is 5.77. The highest BCUT2D eigenvalue weighted by molar-refractivity contribution is 5.88. The summed E-state index contributed by atoms with van der Waals surface area (Å²) in [7, 11) is 3.94. The first-order valence-corrected chi connectivity index (χ1v) is 11.3. The number of aromatic nitrogens is 3. The monoisotopic (exact) mass is 462 g/mol. The second-order valence-electron chi connectivity index (χ2n) is 8.62. The van der Waals surface area contributed by atoms with Crippen molar-refractivity contribution in [3.05, 3.63) is 71.7 Å². The zero-order chi connectivity index (χ0) is 24.1. The van der Waals surface area contributed by atoms with Crippen LogP contribution >= 0.6 is 0 Å². The molecule has 9 heteroatoms. The number of nitrogens with zero attached hydrogens (tertiary/aromatic N) is 5. The SMILES string of the molecule is CC(=O)OC[C@@H](Nc1ncnn2cc3c(c12)CCN(C(=O)/C=C/CN(C)C)C3)c1ccccc1. The van der Waals surface area contributed by atoms with Gasteiger partial charge in [-0.1, -0.05) is 36.4 Å². The zero-order valence-electron chi connectivity index (χ0n) is 19.8. The van der Waals surface area contributed by atoms with Crippen LogP contribution in [0.15, 0.2) is 55.0 Å². The van der Waals surface area contributed by atoms with Crippen LogP contribution in [-0.2, 0) is 27.3 Å². The van der Waals surface area contributed by atoms with Crippen LogP contribution in [0.2, 0.25) is 0 Å². The van der Waals surface area contributed by atoms with Crippen molar-refractivity contribution >= 4 is 23.2 Å². The molecule has 1 atom stereocenters. The quantitative estimate of drug-likeness (QED) is 0.406. The number of esters is 1. The number of ether oxygens (including phenoxy) is 1. The van der Waals surface area contributed by atoms with Gasteiger partial charge in [0.15, 0.2) is 5.82 Å². The molecule has 1 aliphatic rings. The summed E-state index contributed by atoms with van der Waals surface area (Å²) in [5.74, 6) is 0.348. The maximum absolute atomic E-state index is 12.6. The van der Waals surface area contributed by atoms with Gasteiger partial charge in [0.1, 0.15) is 18.5 Å². The summed E-state index contributed by atoms with van der Waals surface area (Å²) in [5.41, 5.74) is 4.06. The van der Waals surface area contributed by atoms with Gasteiger partial charge in [-0.3, -0.25) is 9.59 Å². The Labute approximate surface area is 199 Å². The van der Waals surface area contributed by atoms with Crippen molar-refractivity contribution in [2.45, 2.75) is 25.9 Å². The molecule has 1 aromatic carbocycles. The van der Waals surface area contributed by atoms with Crippen LogP contribution < -0.4 is 5.32 Å². The van der Waals surface area contributed by atoms with E-state index in [1.807, 2.05) is 71.0 Å². The number of amides is 1. The summed E-state index contributed by atoms with van der Waals surface area (Å²) in [6, 6.07) is 9.55. The van der Waals surface area contributed by atoms with Gasteiger partial charge in [0.2, 0.25) is 5.91 Å². The fourth-order valence-corrected chi connectivity index (χ4v) is 4.11. The minimum Gasteiger partial charge on any atom is -0.463 e. The van der Waals surface area contributed by atoms with E-state index < -0.39 is 0 Å². The smallest absolute Gasteiger partial charge is 0.302 e. The lowest BCUT2D eigenvalue weighted by atomic mass is 10.0. The lowest BCUT2D eigenvalue weighted by Crippen LogP contribution is -2.34. The summed E-state index contributed by atoms with van der Waals surface area (Å²) in [6.45, 7) is 3.46. The third kappa shape index (κ3) is 5.43. The first kappa shape index (κ1) is 23.4. The van der Waals surface area contributed by atoms with Crippen LogP contribution in [0.25, 0.3) is 5.52 Å². The van der Waals surface area contributed by atoms with Crippen molar-refractivity contribution in [1.29, 1.82) is 0 Å². The van der Waals surface area contributed by atoms with Crippen molar-refractivity contribution in [2.75, 3.05) is 39.1 Å². The maximum Gasteiger partial charge on any atom is 0.302 e. The van der Waals surface area contributed by atoms with Crippen molar-refractivity contribution < 1.29 is 14.3 Å². The minimum absolute atomic E-state index is 0.0118. The molecule has 0 aliphatic carbocycles. The third-order valence-corrected chi connectivity index (χ3v) is 5.77. The lowest BCUT2D eigenvalue weighted by molar-refractivity contribution is -0.141. The minimum atomic E-state index is -0.333. The van der Waals surface area contributed by atoms with Gasteiger partial charge in [-0.05, 0) is 37.2 Å². The number of fused-ring (bicyclic) bond motifs is 3. The van der Waals surface area contributed by atoms with Crippen molar-refractivity contribution in [1.82, 2.24) is 24.4 Å². The number of rotatable bonds is 8. The molecule has 34 heavy (non-hydrogen) atoms. The molecule has 9 nitrogen and oxygen atoms in total. The van der Waals surface area contributed by atoms with E-state index in [1.54, 1.807) is 6.08 Å². The molecule has 2 aromatic heterocycles. The zero-order valence-corrected chi connectivity index (χ0v) is 19.8. The summed E-state index contributed by atoms with van der Waals surface area (Å²) in [5, 5.41) is 7.85. The molecule has 1 amide bonds. The molecule has 0 unspecified atom stereocenters. The fourth-order valence-electron chi connectivity index (χ4n) is 4.11. The first-order valence-electron chi connectivity index (χ1n) is 11.3. The molecule has 0 saturated heterocycles. The Morgan fingerprint density at radius 1 is 1.26 bits per heavy atom. The molecular weight excluding hydrogens is 432 g/mol. The predicted molar refractivity (Wildman–Crippen MR) is 129 cm³/mol. The van der Waals surface area contributed by atoms with E-state index in [0.29, 0.717) is 25.3 Å². The average Bonchev–Trinajstić information content (AvgIpc) is 3.20. The number of nitrogens with one attached hydrogen (secondary N) is 1. The highest BCUT2D eigenvalue weighted by Crippen LogP contribution is 2.30. The largest absolute Gasteiger partial charge is 0.463 e. The van der Waals surface area contributed by atoms with E-state index >= 15 is 0 Å². The summed E-state index contributed by atoms with van der Waals surface area (Å²) in [4.78, 5) is 32.5. The molecule has 4 rings (SSSR count). The number of likely N-dealkylation sites (N-methyl/N-ethyl adjacent to an activating group) is 1. The molecule has 1 N–H and O–H groups in total. The van der Waals surface area contributed by atoms with Gasteiger partial charge < -0.3 is 19.9 Å². The highest BCUT2D eigenvalue weighted by Gasteiger charge is 2.25. The van der Waals surface area contributed by atoms with Crippen molar-refractivity contribution in [3.8, 4) is 0 Å². The number of benzene rings is 1. The highest BCUT2D eigenvalue weighted by atomic mass is 16.5. The second kappa shape index (κ2) is 10.5. The van der Waals surface area contributed by atoms with E-state index in [2.05, 4.69) is 15.4 Å². The number of hydrogen-bond donors (Lipinski definition) is 1. The molecule has 0 radical (unpaired) electrons. The van der Waals surface area contributed by atoms with Gasteiger partial charge in [0.25, 0.3) is 0 Å². The Balaban J connectivity index is 1.59. The van der Waals surface area contributed by atoms with E-state index in [-0.39, 0.29) is 24.5 Å². The number of carbonyl (C=O) groups excluding carboxylic acids is 2. The second-order valence-corrected chi connectivity index (χ2v) is 8.62. The van der Waals surface area contributed by atoms with Crippen LogP contribution in [0, 0.1) is 0 Å². The van der Waals surface area contributed by atoms with E-state index in [9.17, 15) is 9.59 Å². The Morgan fingerprint density at radius 3 is 2.79 bits per heavy atom. The van der Waals surface area contributed by atoms with Gasteiger partial charge in [0.05, 0.1) is 6.04 Å². The number of hydrogen-bond acceptors (Lipinski definition) is 7. The Hall–Kier alpha value is -3.72. The molecule has 0 fully saturated rings. The van der Waals surface area contributed by atoms with Crippen LogP contribution in [0.4, 0.5) is 5.82 Å². The molecule has 178 valence electrons. The molecule has 1 aliphatic heterocycles. The van der Waals surface area contributed by atoms with E-state index in [0.717, 1.165) is 28.8 Å². The molecule has 0 bridgehead atoms. The van der Waals surface area contributed by atoms with Crippen molar-refractivity contribution in [2.24, 2.45) is 0 Å². The standard InChI is InChI=1S/C25H30N6O3/c1-18(32)34-16-22(19-8-5-4-6-9-19)28-25-24-21-11-13-30(23(33)10-7-12-29(2)3)14-20(21)15-31(24)27-17-26-25/h4-10,15,17,22H,11-14,16H2,1-3H3,(H,26,27,28)/b10-7+/t22-/m1/s1. The number of anilines is 1. The van der Waals surface area contributed by atoms with Crippen LogP contribution in [-0.4, -0.2) is 70.1 Å². The Kier molecular flexibility index (Phi) is 7.22. The van der Waals surface area contributed by atoms with Gasteiger partial charge in [-0.15, -0.1) is 0 Å². The molecular formula is C25H30N6O3. The number of carbonyl (C=O) groups is 2. The van der Waals surface area contributed by atoms with Crippen LogP contribution in [0.5, 0.6) is 0 Å². The Bertz CT molecular complexity index is 1190. The van der Waals surface area contributed by atoms with Crippen LogP contribution in [0.3, 0.4) is 0 Å². The summed E-state index contributed by atoms with van der Waals surface area (Å²) in [6.07, 6.45) is 7.70. The summed E-state index contributed by atoms with van der Waals surface area (Å²) < 4.78 is 7.13. The van der Waals surface area contributed by atoms with Gasteiger partial charge in [-0.2, -0.15) is 5.10 Å². The molecule has 3 heterocycles. The molecule has 3 aromatic rings. The summed E-state index contributed by atoms with van der Waals surface area (Å²) >= 11 is 0. The first-order chi connectivity index (χ1) is 16.4. The van der Waals surface area contributed by atoms with Gasteiger partial charge in [0, 0.05) is 38.8 Å². The normalized spacial score (nSPS) is 14.4. The molecule has 0 saturated carbocycles. The maximum atomic E-state index is 12.6. The van der Waals surface area contributed by atoms with Gasteiger partial charge in [-0.25, -0.2) is 9.50 Å². The fraction of sp³-hybridized carbons (Fsp3) is 0.360. The topological polar surface area (TPSA) is 92.1 Å². The van der Waals surface area contributed by atoms with Crippen LogP contribution in [0.1, 0.15) is 29.7 Å². The lowest BCUT2D eigenvalue weighted by Gasteiger charge is -2.26. The molecule has 0 spiro atoms. The Morgan fingerprint density at radius 2 is 2.06 bits per heavy atom. The van der Waals surface area contributed by atoms with Crippen molar-refractivity contribution in [3.63, 3.8) is 0 Å². The predicted octanol–water partition coefficient (Wildman–Crippen LogP) is 2.45.